The molecule has 0 saturated carbocycles. The summed E-state index contributed by atoms with van der Waals surface area (Å²) in [6.45, 7) is 3.62. The van der Waals surface area contributed by atoms with E-state index < -0.39 is 20.8 Å². The predicted molar refractivity (Wildman–Crippen MR) is 111 cm³/mol. The Bertz CT molecular complexity index is 1080. The predicted octanol–water partition coefficient (Wildman–Crippen LogP) is 2.61. The van der Waals surface area contributed by atoms with Gasteiger partial charge in [-0.15, -0.1) is 0 Å². The van der Waals surface area contributed by atoms with Crippen molar-refractivity contribution in [2.45, 2.75) is 18.4 Å². The van der Waals surface area contributed by atoms with E-state index >= 15 is 0 Å². The molecule has 29 heavy (non-hydrogen) atoms. The van der Waals surface area contributed by atoms with Crippen LogP contribution in [0.2, 0.25) is 5.02 Å². The lowest BCUT2D eigenvalue weighted by atomic mass is 10.2. The number of carbonyl (C=O) groups is 1. The standard InChI is InChI=1S/C20H20ClN3O4S/c1-14-2-7-18-17(12-14)24(13-15-3-5-16(21)6-4-15)22-19(29(18,26)27)20(25)23-8-10-28-11-9-23/h2-7,12H,8-11,13H2,1H3. The monoisotopic (exact) mass is 433 g/mol. The van der Waals surface area contributed by atoms with Gasteiger partial charge in [-0.2, -0.15) is 5.10 Å². The van der Waals surface area contributed by atoms with Crippen LogP contribution in [0.25, 0.3) is 0 Å². The number of sulfone groups is 1. The van der Waals surface area contributed by atoms with E-state index in [-0.39, 0.29) is 4.90 Å². The molecule has 2 heterocycles. The molecular weight excluding hydrogens is 414 g/mol. The van der Waals surface area contributed by atoms with E-state index in [0.717, 1.165) is 11.1 Å². The fourth-order valence-electron chi connectivity index (χ4n) is 3.32. The van der Waals surface area contributed by atoms with Crippen LogP contribution >= 0.6 is 11.6 Å². The maximum atomic E-state index is 13.2. The molecule has 4 rings (SSSR count). The van der Waals surface area contributed by atoms with Crippen molar-refractivity contribution in [2.75, 3.05) is 31.3 Å². The summed E-state index contributed by atoms with van der Waals surface area (Å²) >= 11 is 5.96. The van der Waals surface area contributed by atoms with Gasteiger partial charge in [0.1, 0.15) is 0 Å². The first-order chi connectivity index (χ1) is 13.9. The first kappa shape index (κ1) is 19.9. The third kappa shape index (κ3) is 3.88. The Labute approximate surface area is 174 Å². The number of benzene rings is 2. The Balaban J connectivity index is 1.77. The number of morpholine rings is 1. The van der Waals surface area contributed by atoms with Crippen molar-refractivity contribution in [1.82, 2.24) is 4.90 Å². The molecular formula is C20H20ClN3O4S. The van der Waals surface area contributed by atoms with E-state index in [0.29, 0.717) is 43.6 Å². The van der Waals surface area contributed by atoms with Gasteiger partial charge in [0, 0.05) is 18.1 Å². The SMILES string of the molecule is Cc1ccc2c(c1)N(Cc1ccc(Cl)cc1)N=C(C(=O)N1CCOCC1)S2(=O)=O. The fourth-order valence-corrected chi connectivity index (χ4v) is 4.91. The molecule has 9 heteroatoms. The molecule has 0 radical (unpaired) electrons. The number of hydrogen-bond donors (Lipinski definition) is 0. The van der Waals surface area contributed by atoms with Crippen molar-refractivity contribution >= 4 is 38.1 Å². The van der Waals surface area contributed by atoms with Crippen LogP contribution in [0, 0.1) is 6.92 Å². The Morgan fingerprint density at radius 3 is 2.52 bits per heavy atom. The highest BCUT2D eigenvalue weighted by molar-refractivity contribution is 8.08. The summed E-state index contributed by atoms with van der Waals surface area (Å²) in [5, 5.41) is 6.03. The number of rotatable bonds is 3. The van der Waals surface area contributed by atoms with Crippen molar-refractivity contribution in [3.05, 3.63) is 58.6 Å². The molecule has 0 aromatic heterocycles. The molecule has 2 aromatic rings. The summed E-state index contributed by atoms with van der Waals surface area (Å²) in [6, 6.07) is 12.2. The van der Waals surface area contributed by atoms with Crippen LogP contribution in [-0.4, -0.2) is 50.6 Å². The molecule has 0 aliphatic carbocycles. The van der Waals surface area contributed by atoms with Gasteiger partial charge < -0.3 is 9.64 Å². The molecule has 1 saturated heterocycles. The number of carbonyl (C=O) groups excluding carboxylic acids is 1. The molecule has 152 valence electrons. The first-order valence-corrected chi connectivity index (χ1v) is 11.1. The van der Waals surface area contributed by atoms with Crippen LogP contribution in [0.5, 0.6) is 0 Å². The molecule has 2 aromatic carbocycles. The second-order valence-electron chi connectivity index (χ2n) is 6.97. The average molecular weight is 434 g/mol. The van der Waals surface area contributed by atoms with Crippen molar-refractivity contribution in [2.24, 2.45) is 5.10 Å². The van der Waals surface area contributed by atoms with Crippen LogP contribution in [-0.2, 0) is 25.9 Å². The van der Waals surface area contributed by atoms with Gasteiger partial charge in [-0.3, -0.25) is 9.80 Å². The van der Waals surface area contributed by atoms with E-state index in [2.05, 4.69) is 5.10 Å². The number of ether oxygens (including phenoxy) is 1. The van der Waals surface area contributed by atoms with E-state index in [9.17, 15) is 13.2 Å². The number of hydrogen-bond acceptors (Lipinski definition) is 6. The third-order valence-electron chi connectivity index (χ3n) is 4.87. The number of anilines is 1. The number of aryl methyl sites for hydroxylation is 1. The third-order valence-corrected chi connectivity index (χ3v) is 6.82. The summed E-state index contributed by atoms with van der Waals surface area (Å²) in [4.78, 5) is 14.6. The van der Waals surface area contributed by atoms with Crippen molar-refractivity contribution < 1.29 is 17.9 Å². The summed E-state index contributed by atoms with van der Waals surface area (Å²) in [7, 11) is -4.02. The lowest BCUT2D eigenvalue weighted by Gasteiger charge is -2.31. The Hall–Kier alpha value is -2.42. The number of fused-ring (bicyclic) bond motifs is 1. The van der Waals surface area contributed by atoms with Gasteiger partial charge in [0.05, 0.1) is 30.3 Å². The molecule has 7 nitrogen and oxygen atoms in total. The number of halogens is 1. The molecule has 0 atom stereocenters. The summed E-state index contributed by atoms with van der Waals surface area (Å²) < 4.78 is 31.6. The summed E-state index contributed by atoms with van der Waals surface area (Å²) in [5.74, 6) is -0.597. The van der Waals surface area contributed by atoms with Crippen LogP contribution < -0.4 is 5.01 Å². The average Bonchev–Trinajstić information content (AvgIpc) is 2.71. The molecule has 0 bridgehead atoms. The minimum Gasteiger partial charge on any atom is -0.378 e. The fraction of sp³-hybridized carbons (Fsp3) is 0.300. The Morgan fingerprint density at radius 2 is 1.83 bits per heavy atom. The van der Waals surface area contributed by atoms with E-state index in [1.807, 2.05) is 19.1 Å². The van der Waals surface area contributed by atoms with Crippen LogP contribution in [0.4, 0.5) is 5.69 Å². The Kier molecular flexibility index (Phi) is 5.33. The highest BCUT2D eigenvalue weighted by Gasteiger charge is 2.39. The van der Waals surface area contributed by atoms with Gasteiger partial charge in [0.2, 0.25) is 14.9 Å². The van der Waals surface area contributed by atoms with Gasteiger partial charge >= 0.3 is 0 Å². The van der Waals surface area contributed by atoms with Crippen LogP contribution in [0.15, 0.2) is 52.5 Å². The zero-order chi connectivity index (χ0) is 20.6. The maximum absolute atomic E-state index is 13.2. The number of amides is 1. The lowest BCUT2D eigenvalue weighted by Crippen LogP contribution is -2.47. The highest BCUT2D eigenvalue weighted by atomic mass is 35.5. The highest BCUT2D eigenvalue weighted by Crippen LogP contribution is 2.34. The Morgan fingerprint density at radius 1 is 1.14 bits per heavy atom. The number of nitrogens with zero attached hydrogens (tertiary/aromatic N) is 3. The van der Waals surface area contributed by atoms with Crippen molar-refractivity contribution in [3.63, 3.8) is 0 Å². The topological polar surface area (TPSA) is 79.3 Å². The zero-order valence-electron chi connectivity index (χ0n) is 15.8. The summed E-state index contributed by atoms with van der Waals surface area (Å²) in [6.07, 6.45) is 0. The van der Waals surface area contributed by atoms with E-state index in [1.54, 1.807) is 29.3 Å². The quantitative estimate of drug-likeness (QED) is 0.743. The molecule has 2 aliphatic rings. The van der Waals surface area contributed by atoms with Crippen LogP contribution in [0.3, 0.4) is 0 Å². The first-order valence-electron chi connectivity index (χ1n) is 9.19. The molecule has 2 aliphatic heterocycles. The largest absolute Gasteiger partial charge is 0.378 e. The van der Waals surface area contributed by atoms with E-state index in [1.165, 1.54) is 11.0 Å². The molecule has 1 amide bonds. The van der Waals surface area contributed by atoms with Crippen LogP contribution in [0.1, 0.15) is 11.1 Å². The molecule has 0 N–H and O–H groups in total. The molecule has 0 spiro atoms. The maximum Gasteiger partial charge on any atom is 0.286 e. The van der Waals surface area contributed by atoms with Crippen molar-refractivity contribution in [3.8, 4) is 0 Å². The minimum absolute atomic E-state index is 0.0867. The number of hydrazone groups is 1. The lowest BCUT2D eigenvalue weighted by molar-refractivity contribution is -0.127. The van der Waals surface area contributed by atoms with Crippen molar-refractivity contribution in [1.29, 1.82) is 0 Å². The zero-order valence-corrected chi connectivity index (χ0v) is 17.4. The second-order valence-corrected chi connectivity index (χ2v) is 9.24. The van der Waals surface area contributed by atoms with Gasteiger partial charge in [-0.1, -0.05) is 29.8 Å². The van der Waals surface area contributed by atoms with Gasteiger partial charge in [-0.25, -0.2) is 8.42 Å². The molecule has 1 fully saturated rings. The summed E-state index contributed by atoms with van der Waals surface area (Å²) in [5.41, 5.74) is 2.25. The molecule has 0 unspecified atom stereocenters. The smallest absolute Gasteiger partial charge is 0.286 e. The normalized spacial score (nSPS) is 18.2. The van der Waals surface area contributed by atoms with E-state index in [4.69, 9.17) is 16.3 Å². The van der Waals surface area contributed by atoms with Gasteiger partial charge in [0.15, 0.2) is 0 Å². The minimum atomic E-state index is -4.02. The van der Waals surface area contributed by atoms with Gasteiger partial charge in [0.25, 0.3) is 5.91 Å². The second kappa shape index (κ2) is 7.78. The van der Waals surface area contributed by atoms with Gasteiger partial charge in [-0.05, 0) is 42.3 Å².